The quantitative estimate of drug-likeness (QED) is 0.0698. The number of carbonyl (C=O) groups is 4. The minimum absolute atomic E-state index is 0.00399. The average molecular weight is 1710 g/mol. The predicted molar refractivity (Wildman–Crippen MR) is 448 cm³/mol. The van der Waals surface area contributed by atoms with E-state index in [0.29, 0.717) is 176 Å². The molecule has 12 aliphatic heterocycles. The van der Waals surface area contributed by atoms with Crippen molar-refractivity contribution in [3.05, 3.63) is 164 Å². The Bertz CT molecular complexity index is 4910. The minimum atomic E-state index is -0.963. The van der Waals surface area contributed by atoms with Crippen LogP contribution in [0.25, 0.3) is 0 Å². The van der Waals surface area contributed by atoms with Gasteiger partial charge in [0, 0.05) is 105 Å². The average Bonchev–Trinajstić information content (AvgIpc) is 1.43. The lowest BCUT2D eigenvalue weighted by molar-refractivity contribution is -0.0407. The molecule has 656 valence electrons. The molecule has 0 fully saturated rings. The maximum absolute atomic E-state index is 13.6. The van der Waals surface area contributed by atoms with Gasteiger partial charge in [-0.05, 0) is 99.5 Å². The number of hydrogen-bond donors (Lipinski definition) is 4. The molecule has 14 atom stereocenters. The van der Waals surface area contributed by atoms with Crippen LogP contribution in [-0.4, -0.2) is 200 Å². The highest BCUT2D eigenvalue weighted by molar-refractivity contribution is 6.09. The molecule has 0 saturated heterocycles. The molecule has 8 aromatic carbocycles. The summed E-state index contributed by atoms with van der Waals surface area (Å²) < 4.78 is 117. The Hall–Kier alpha value is -11.7. The number of rotatable bonds is 16. The maximum Gasteiger partial charge on any atom is 0.178 e. The Labute approximate surface area is 717 Å². The number of fused-ring (bicyclic) bond motifs is 24. The van der Waals surface area contributed by atoms with Crippen LogP contribution in [0.15, 0.2) is 97.1 Å². The Balaban J connectivity index is 0.000000117. The zero-order valence-corrected chi connectivity index (χ0v) is 72.2. The number of methoxy groups -OCH3 is 8. The molecule has 20 rings (SSSR count). The zero-order chi connectivity index (χ0) is 87.7. The van der Waals surface area contributed by atoms with Crippen LogP contribution >= 0.6 is 0 Å². The van der Waals surface area contributed by atoms with Gasteiger partial charge in [0.2, 0.25) is 0 Å². The van der Waals surface area contributed by atoms with E-state index in [-0.39, 0.29) is 87.2 Å². The van der Waals surface area contributed by atoms with Gasteiger partial charge in [0.05, 0.1) is 127 Å². The molecule has 12 heterocycles. The van der Waals surface area contributed by atoms with Crippen molar-refractivity contribution < 1.29 is 134 Å². The van der Waals surface area contributed by atoms with E-state index < -0.39 is 70.1 Å². The summed E-state index contributed by atoms with van der Waals surface area (Å²) in [6, 6.07) is 28.5. The molecule has 0 radical (unpaired) electrons. The molecule has 0 saturated carbocycles. The summed E-state index contributed by atoms with van der Waals surface area (Å²) in [4.78, 5) is 54.4. The van der Waals surface area contributed by atoms with E-state index >= 15 is 0 Å². The van der Waals surface area contributed by atoms with Gasteiger partial charge >= 0.3 is 0 Å². The fraction of sp³-hybridized carbons (Fsp3) is 0.458. The molecular formula is C96H104O28. The minimum Gasteiger partial charge on any atom is -0.493 e. The van der Waals surface area contributed by atoms with Crippen molar-refractivity contribution in [3.63, 3.8) is 0 Å². The summed E-state index contributed by atoms with van der Waals surface area (Å²) in [5, 5.41) is 40.8. The third-order valence-corrected chi connectivity index (χ3v) is 26.7. The van der Waals surface area contributed by atoms with E-state index in [1.165, 1.54) is 0 Å². The zero-order valence-electron chi connectivity index (χ0n) is 72.2. The first-order valence-corrected chi connectivity index (χ1v) is 41.9. The Morgan fingerprint density at radius 1 is 0.306 bits per heavy atom. The first-order valence-electron chi connectivity index (χ1n) is 41.9. The van der Waals surface area contributed by atoms with Crippen LogP contribution in [0, 0.1) is 10.8 Å². The lowest BCUT2D eigenvalue weighted by Crippen LogP contribution is -2.43. The monoisotopic (exact) mass is 1700 g/mol. The van der Waals surface area contributed by atoms with Crippen molar-refractivity contribution in [1.82, 2.24) is 0 Å². The van der Waals surface area contributed by atoms with Gasteiger partial charge in [-0.15, -0.1) is 0 Å². The van der Waals surface area contributed by atoms with Crippen LogP contribution in [0.1, 0.15) is 178 Å². The van der Waals surface area contributed by atoms with Crippen LogP contribution in [-0.2, 0) is 25.7 Å². The standard InChI is InChI=1S/4C24H26O7/c2*1-24(2,11-25)20-8-14-15(30-20)6-5-12-22(26)21-13-7-17(27-3)18(28-4)9-16(13)29-10-19(21)31-23(12)14;2*1-5-24(2,26)20-9-14-15(30-20)7-6-12-22(25)21-13-8-17(27-3)18(28-4)10-16(13)29-11-19(21)31-23(12)14/h2*5-7,9,19-21,25H,8,10-11H2,1-4H3;2*6-8,10,19-21,26H,5,9,11H2,1-4H3/t2*19-,20-,21+;19-,20-,21+,24+;19-,20-,21+,24-/m1111/s1. The molecule has 0 spiro atoms. The van der Waals surface area contributed by atoms with E-state index in [1.807, 2.05) is 53.7 Å². The van der Waals surface area contributed by atoms with E-state index in [9.17, 15) is 39.6 Å². The molecule has 0 aromatic heterocycles. The molecule has 4 N–H and O–H groups in total. The molecule has 28 nitrogen and oxygen atoms in total. The SMILES string of the molecule is CC[C@@](C)(O)[C@H]1Cc2c(ccc3c2O[C@@H]2COc4cc(OC)c(OC)cc4[C@@H]2C3=O)O1.CC[C@](C)(O)[C@H]1Cc2c(ccc3c2O[C@@H]2COc4cc(OC)c(OC)cc4[C@@H]2C3=O)O1.COc1cc2c(cc1OC)[C@@H]1C(=O)c3ccc4c(c3O[C@@H]1CO2)C[C@H](C(C)(C)CO)O4.COc1cc2c(cc1OC)[C@@H]1C(=O)c3ccc4c(c3O[C@@H]1CO2)C[C@H](C(C)(C)CO)O4. The van der Waals surface area contributed by atoms with Crippen molar-refractivity contribution >= 4 is 23.1 Å². The Morgan fingerprint density at radius 3 is 0.726 bits per heavy atom. The van der Waals surface area contributed by atoms with Crippen molar-refractivity contribution in [2.24, 2.45) is 10.8 Å². The van der Waals surface area contributed by atoms with Crippen LogP contribution < -0.4 is 94.7 Å². The van der Waals surface area contributed by atoms with Gasteiger partial charge < -0.3 is 115 Å². The number of hydrogen-bond acceptors (Lipinski definition) is 28. The highest BCUT2D eigenvalue weighted by Crippen LogP contribution is 2.57. The molecule has 0 unspecified atom stereocenters. The van der Waals surface area contributed by atoms with E-state index in [4.69, 9.17) is 94.7 Å². The topological polar surface area (TPSA) is 334 Å². The first kappa shape index (κ1) is 84.5. The molecule has 0 bridgehead atoms. The fourth-order valence-electron chi connectivity index (χ4n) is 18.5. The van der Waals surface area contributed by atoms with Crippen molar-refractivity contribution in [1.29, 1.82) is 0 Å². The van der Waals surface area contributed by atoms with Crippen LogP contribution in [0.3, 0.4) is 0 Å². The van der Waals surface area contributed by atoms with Gasteiger partial charge in [-0.25, -0.2) is 0 Å². The lowest BCUT2D eigenvalue weighted by Gasteiger charge is -2.37. The van der Waals surface area contributed by atoms with Crippen LogP contribution in [0.4, 0.5) is 0 Å². The number of ether oxygens (including phenoxy) is 20. The largest absolute Gasteiger partial charge is 0.493 e. The third kappa shape index (κ3) is 14.2. The smallest absolute Gasteiger partial charge is 0.178 e. The Morgan fingerprint density at radius 2 is 0.516 bits per heavy atom. The molecule has 0 aliphatic carbocycles. The van der Waals surface area contributed by atoms with Crippen LogP contribution in [0.5, 0.6) is 115 Å². The molecule has 28 heteroatoms. The molecule has 8 aromatic rings. The first-order chi connectivity index (χ1) is 59.5. The van der Waals surface area contributed by atoms with Crippen molar-refractivity contribution in [2.75, 3.05) is 96.5 Å². The van der Waals surface area contributed by atoms with Gasteiger partial charge in [0.25, 0.3) is 0 Å². The lowest BCUT2D eigenvalue weighted by atomic mass is 9.80. The van der Waals surface area contributed by atoms with Gasteiger partial charge in [0.1, 0.15) is 144 Å². The third-order valence-electron chi connectivity index (χ3n) is 26.7. The fourth-order valence-corrected chi connectivity index (χ4v) is 18.5. The predicted octanol–water partition coefficient (Wildman–Crippen LogP) is 12.9. The molecule has 0 amide bonds. The maximum atomic E-state index is 13.6. The second kappa shape index (κ2) is 32.4. The highest BCUT2D eigenvalue weighted by Gasteiger charge is 2.53. The summed E-state index contributed by atoms with van der Waals surface area (Å²) in [5.74, 6) is 9.76. The summed E-state index contributed by atoms with van der Waals surface area (Å²) in [5.41, 5.74) is 5.79. The van der Waals surface area contributed by atoms with Gasteiger partial charge in [-0.2, -0.15) is 0 Å². The molecule has 12 aliphatic rings. The number of benzene rings is 8. The molecule has 124 heavy (non-hydrogen) atoms. The summed E-state index contributed by atoms with van der Waals surface area (Å²) >= 11 is 0. The molecular weight excluding hydrogens is 1600 g/mol. The van der Waals surface area contributed by atoms with Crippen molar-refractivity contribution in [3.8, 4) is 115 Å². The van der Waals surface area contributed by atoms with Crippen molar-refractivity contribution in [2.45, 2.75) is 178 Å². The van der Waals surface area contributed by atoms with Gasteiger partial charge in [-0.3, -0.25) is 19.2 Å². The number of carbonyl (C=O) groups excluding carboxylic acids is 4. The van der Waals surface area contributed by atoms with E-state index in [1.54, 1.807) is 156 Å². The number of aliphatic hydroxyl groups excluding tert-OH is 2. The summed E-state index contributed by atoms with van der Waals surface area (Å²) in [6.45, 7) is 16.3. The number of Topliss-reactive ketones (excluding diaryl/α,β-unsaturated/α-hetero) is 4. The van der Waals surface area contributed by atoms with Crippen LogP contribution in [0.2, 0.25) is 0 Å². The number of aliphatic hydroxyl groups is 4. The Kier molecular flexibility index (Phi) is 22.1. The summed E-state index contributed by atoms with van der Waals surface area (Å²) in [6.07, 6.45) is 0.353. The highest BCUT2D eigenvalue weighted by atomic mass is 16.6. The van der Waals surface area contributed by atoms with Gasteiger partial charge in [-0.1, -0.05) is 41.5 Å². The second-order valence-corrected chi connectivity index (χ2v) is 34.9. The van der Waals surface area contributed by atoms with E-state index in [2.05, 4.69) is 0 Å². The number of ketones is 4. The summed E-state index contributed by atoms with van der Waals surface area (Å²) in [7, 11) is 12.5. The second-order valence-electron chi connectivity index (χ2n) is 34.9. The normalized spacial score (nSPS) is 24.2. The van der Waals surface area contributed by atoms with Gasteiger partial charge in [0.15, 0.2) is 69.1 Å². The van der Waals surface area contributed by atoms with E-state index in [0.717, 1.165) is 44.5 Å².